The normalized spacial score (nSPS) is 12.3. The van der Waals surface area contributed by atoms with Gasteiger partial charge < -0.3 is 16.2 Å². The Kier molecular flexibility index (Phi) is 3.67. The zero-order chi connectivity index (χ0) is 14.1. The van der Waals surface area contributed by atoms with E-state index in [9.17, 15) is 14.3 Å². The highest BCUT2D eigenvalue weighted by molar-refractivity contribution is 5.99. The number of hydrogen-bond acceptors (Lipinski definition) is 3. The van der Waals surface area contributed by atoms with Crippen LogP contribution in [0.25, 0.3) is 0 Å². The molecule has 5 heteroatoms. The van der Waals surface area contributed by atoms with E-state index < -0.39 is 22.9 Å². The maximum absolute atomic E-state index is 13.3. The highest BCUT2D eigenvalue weighted by Crippen LogP contribution is 2.22. The Balaban J connectivity index is 3.00. The molecule has 0 aliphatic heterocycles. The minimum atomic E-state index is -1.12. The molecule has 1 amide bonds. The van der Waals surface area contributed by atoms with Crippen LogP contribution >= 0.6 is 0 Å². The molecule has 0 saturated carbocycles. The number of rotatable bonds is 3. The van der Waals surface area contributed by atoms with E-state index in [1.807, 2.05) is 0 Å². The first kappa shape index (κ1) is 14.4. The van der Waals surface area contributed by atoms with E-state index in [2.05, 4.69) is 5.32 Å². The third-order valence-corrected chi connectivity index (χ3v) is 3.25. The Hall–Kier alpha value is -1.62. The second-order valence-corrected chi connectivity index (χ2v) is 5.34. The number of amides is 1. The SMILES string of the molecule is CC(C)(O)C(C)(C)NC(=O)c1cccc(F)c1N. The van der Waals surface area contributed by atoms with Crippen LogP contribution in [0.5, 0.6) is 0 Å². The van der Waals surface area contributed by atoms with Crippen LogP contribution in [0.3, 0.4) is 0 Å². The Morgan fingerprint density at radius 1 is 1.33 bits per heavy atom. The van der Waals surface area contributed by atoms with E-state index in [-0.39, 0.29) is 11.3 Å². The average molecular weight is 254 g/mol. The van der Waals surface area contributed by atoms with Gasteiger partial charge in [0.05, 0.1) is 22.4 Å². The van der Waals surface area contributed by atoms with Crippen LogP contribution in [-0.4, -0.2) is 22.2 Å². The number of nitrogens with two attached hydrogens (primary N) is 1. The van der Waals surface area contributed by atoms with Crippen molar-refractivity contribution >= 4 is 11.6 Å². The fourth-order valence-electron chi connectivity index (χ4n) is 1.24. The molecule has 0 saturated heterocycles. The van der Waals surface area contributed by atoms with Crippen molar-refractivity contribution in [2.24, 2.45) is 0 Å². The molecular formula is C13H19FN2O2. The number of carbonyl (C=O) groups is 1. The molecule has 0 spiro atoms. The van der Waals surface area contributed by atoms with Crippen molar-refractivity contribution in [3.05, 3.63) is 29.6 Å². The van der Waals surface area contributed by atoms with Gasteiger partial charge in [-0.15, -0.1) is 0 Å². The third-order valence-electron chi connectivity index (χ3n) is 3.25. The van der Waals surface area contributed by atoms with E-state index in [4.69, 9.17) is 5.73 Å². The summed E-state index contributed by atoms with van der Waals surface area (Å²) in [6.45, 7) is 6.53. The van der Waals surface area contributed by atoms with Crippen LogP contribution in [0.15, 0.2) is 18.2 Å². The van der Waals surface area contributed by atoms with Crippen molar-refractivity contribution in [3.8, 4) is 0 Å². The number of benzene rings is 1. The summed E-state index contributed by atoms with van der Waals surface area (Å²) < 4.78 is 13.3. The van der Waals surface area contributed by atoms with E-state index in [1.165, 1.54) is 18.2 Å². The second kappa shape index (κ2) is 4.57. The van der Waals surface area contributed by atoms with Gasteiger partial charge in [-0.25, -0.2) is 4.39 Å². The van der Waals surface area contributed by atoms with Crippen LogP contribution in [0.2, 0.25) is 0 Å². The summed E-state index contributed by atoms with van der Waals surface area (Å²) in [5.74, 6) is -1.15. The molecular weight excluding hydrogens is 235 g/mol. The smallest absolute Gasteiger partial charge is 0.253 e. The average Bonchev–Trinajstić information content (AvgIpc) is 2.19. The molecule has 0 unspecified atom stereocenters. The summed E-state index contributed by atoms with van der Waals surface area (Å²) in [4.78, 5) is 12.0. The number of aliphatic hydroxyl groups is 1. The van der Waals surface area contributed by atoms with E-state index in [0.29, 0.717) is 0 Å². The van der Waals surface area contributed by atoms with Gasteiger partial charge in [0.15, 0.2) is 0 Å². The lowest BCUT2D eigenvalue weighted by Crippen LogP contribution is -2.57. The van der Waals surface area contributed by atoms with Crippen LogP contribution in [0, 0.1) is 5.82 Å². The van der Waals surface area contributed by atoms with Gasteiger partial charge in [0.2, 0.25) is 0 Å². The molecule has 4 nitrogen and oxygen atoms in total. The molecule has 1 rings (SSSR count). The lowest BCUT2D eigenvalue weighted by atomic mass is 9.85. The van der Waals surface area contributed by atoms with Gasteiger partial charge >= 0.3 is 0 Å². The number of para-hydroxylation sites is 1. The molecule has 0 aliphatic carbocycles. The zero-order valence-electron chi connectivity index (χ0n) is 11.0. The number of nitrogens with one attached hydrogen (secondary N) is 1. The van der Waals surface area contributed by atoms with Gasteiger partial charge in [0.25, 0.3) is 5.91 Å². The molecule has 1 aromatic rings. The molecule has 100 valence electrons. The number of halogens is 1. The topological polar surface area (TPSA) is 75.3 Å². The van der Waals surface area contributed by atoms with Crippen molar-refractivity contribution in [1.82, 2.24) is 5.32 Å². The van der Waals surface area contributed by atoms with Crippen molar-refractivity contribution in [1.29, 1.82) is 0 Å². The Labute approximate surface area is 106 Å². The summed E-state index contributed by atoms with van der Waals surface area (Å²) in [5.41, 5.74) is 3.39. The Bertz CT molecular complexity index is 465. The lowest BCUT2D eigenvalue weighted by Gasteiger charge is -2.38. The van der Waals surface area contributed by atoms with Crippen molar-refractivity contribution < 1.29 is 14.3 Å². The van der Waals surface area contributed by atoms with Crippen LogP contribution < -0.4 is 11.1 Å². The van der Waals surface area contributed by atoms with Crippen LogP contribution in [-0.2, 0) is 0 Å². The fourth-order valence-corrected chi connectivity index (χ4v) is 1.24. The van der Waals surface area contributed by atoms with Crippen LogP contribution in [0.1, 0.15) is 38.1 Å². The van der Waals surface area contributed by atoms with E-state index in [0.717, 1.165) is 0 Å². The Morgan fingerprint density at radius 2 is 1.89 bits per heavy atom. The highest BCUT2D eigenvalue weighted by atomic mass is 19.1. The summed E-state index contributed by atoms with van der Waals surface area (Å²) in [6.07, 6.45) is 0. The van der Waals surface area contributed by atoms with Gasteiger partial charge in [-0.3, -0.25) is 4.79 Å². The predicted molar refractivity (Wildman–Crippen MR) is 68.7 cm³/mol. The summed E-state index contributed by atoms with van der Waals surface area (Å²) >= 11 is 0. The molecule has 0 atom stereocenters. The third kappa shape index (κ3) is 2.79. The van der Waals surface area contributed by atoms with E-state index >= 15 is 0 Å². The molecule has 0 aliphatic rings. The van der Waals surface area contributed by atoms with Gasteiger partial charge in [-0.05, 0) is 39.8 Å². The quantitative estimate of drug-likeness (QED) is 0.718. The Morgan fingerprint density at radius 3 is 2.39 bits per heavy atom. The van der Waals surface area contributed by atoms with Crippen LogP contribution in [0.4, 0.5) is 10.1 Å². The van der Waals surface area contributed by atoms with Crippen molar-refractivity contribution in [2.45, 2.75) is 38.8 Å². The van der Waals surface area contributed by atoms with Gasteiger partial charge in [0.1, 0.15) is 5.82 Å². The molecule has 0 bridgehead atoms. The van der Waals surface area contributed by atoms with Gasteiger partial charge in [-0.1, -0.05) is 6.07 Å². The lowest BCUT2D eigenvalue weighted by molar-refractivity contribution is -0.00291. The van der Waals surface area contributed by atoms with Gasteiger partial charge in [0, 0.05) is 0 Å². The summed E-state index contributed by atoms with van der Waals surface area (Å²) in [6, 6.07) is 4.04. The van der Waals surface area contributed by atoms with E-state index in [1.54, 1.807) is 27.7 Å². The molecule has 1 aromatic carbocycles. The standard InChI is InChI=1S/C13H19FN2O2/c1-12(2,13(3,4)18)16-11(17)8-6-5-7-9(14)10(8)15/h5-7,18H,15H2,1-4H3,(H,16,17). The first-order chi connectivity index (χ1) is 8.06. The zero-order valence-corrected chi connectivity index (χ0v) is 11.0. The monoisotopic (exact) mass is 254 g/mol. The molecule has 0 aromatic heterocycles. The number of hydrogen-bond donors (Lipinski definition) is 3. The maximum Gasteiger partial charge on any atom is 0.253 e. The number of nitrogen functional groups attached to an aromatic ring is 1. The highest BCUT2D eigenvalue weighted by Gasteiger charge is 2.36. The molecule has 0 radical (unpaired) electrons. The minimum absolute atomic E-state index is 0.0623. The molecule has 18 heavy (non-hydrogen) atoms. The summed E-state index contributed by atoms with van der Waals surface area (Å²) in [7, 11) is 0. The molecule has 0 fully saturated rings. The maximum atomic E-state index is 13.3. The molecule has 4 N–H and O–H groups in total. The fraction of sp³-hybridized carbons (Fsp3) is 0.462. The minimum Gasteiger partial charge on any atom is -0.396 e. The first-order valence-electron chi connectivity index (χ1n) is 5.65. The largest absolute Gasteiger partial charge is 0.396 e. The van der Waals surface area contributed by atoms with Crippen molar-refractivity contribution in [2.75, 3.05) is 5.73 Å². The number of carbonyl (C=O) groups excluding carboxylic acids is 1. The first-order valence-corrected chi connectivity index (χ1v) is 5.65. The predicted octanol–water partition coefficient (Wildman–Crippen LogP) is 1.69. The number of anilines is 1. The van der Waals surface area contributed by atoms with Gasteiger partial charge in [-0.2, -0.15) is 0 Å². The molecule has 0 heterocycles. The summed E-state index contributed by atoms with van der Waals surface area (Å²) in [5, 5.41) is 12.6. The second-order valence-electron chi connectivity index (χ2n) is 5.34. The van der Waals surface area contributed by atoms with Crippen molar-refractivity contribution in [3.63, 3.8) is 0 Å².